The molecule has 0 bridgehead atoms. The zero-order chi connectivity index (χ0) is 11.5. The lowest BCUT2D eigenvalue weighted by atomic mass is 10.0. The first kappa shape index (κ1) is 10.7. The topological polar surface area (TPSA) is 82.5 Å². The van der Waals surface area contributed by atoms with Gasteiger partial charge in [0.15, 0.2) is 5.82 Å². The summed E-state index contributed by atoms with van der Waals surface area (Å²) in [5.41, 5.74) is 8.23. The molecule has 2 N–H and O–H groups in total. The first-order valence-corrected chi connectivity index (χ1v) is 5.06. The average Bonchev–Trinajstić information content (AvgIpc) is 2.64. The van der Waals surface area contributed by atoms with Crippen LogP contribution in [0.25, 0.3) is 0 Å². The molecule has 0 saturated carbocycles. The lowest BCUT2D eigenvalue weighted by molar-refractivity contribution is 0.622. The minimum Gasteiger partial charge on any atom is -0.324 e. The Bertz CT molecular complexity index is 478. The second-order valence-corrected chi connectivity index (χ2v) is 3.74. The number of nitrogens with zero attached hydrogens (tertiary/aromatic N) is 5. The molecule has 2 heterocycles. The van der Waals surface area contributed by atoms with Crippen LogP contribution < -0.4 is 5.73 Å². The Morgan fingerprint density at radius 3 is 2.94 bits per heavy atom. The quantitative estimate of drug-likeness (QED) is 0.793. The van der Waals surface area contributed by atoms with Crippen molar-refractivity contribution in [1.82, 2.24) is 25.2 Å². The summed E-state index contributed by atoms with van der Waals surface area (Å²) in [4.78, 5) is 5.50. The van der Waals surface area contributed by atoms with E-state index in [9.17, 15) is 0 Å². The van der Waals surface area contributed by atoms with Gasteiger partial charge in [-0.15, -0.1) is 10.2 Å². The van der Waals surface area contributed by atoms with Crippen molar-refractivity contribution in [3.63, 3.8) is 0 Å². The highest BCUT2D eigenvalue weighted by Gasteiger charge is 2.12. The van der Waals surface area contributed by atoms with E-state index in [1.807, 2.05) is 13.0 Å². The molecule has 0 aromatic carbocycles. The van der Waals surface area contributed by atoms with Crippen molar-refractivity contribution in [1.29, 1.82) is 0 Å². The molecule has 0 amide bonds. The van der Waals surface area contributed by atoms with E-state index in [2.05, 4.69) is 20.4 Å². The van der Waals surface area contributed by atoms with Crippen molar-refractivity contribution >= 4 is 0 Å². The molecule has 0 aliphatic heterocycles. The molecular formula is C10H14N6. The Kier molecular flexibility index (Phi) is 2.91. The van der Waals surface area contributed by atoms with Crippen LogP contribution in [0.1, 0.15) is 23.0 Å². The number of nitrogens with two attached hydrogens (primary N) is 1. The fraction of sp³-hybridized carbons (Fsp3) is 0.400. The maximum Gasteiger partial charge on any atom is 0.176 e. The van der Waals surface area contributed by atoms with Gasteiger partial charge in [-0.05, 0) is 29.3 Å². The minimum absolute atomic E-state index is 0.141. The summed E-state index contributed by atoms with van der Waals surface area (Å²) >= 11 is 0. The summed E-state index contributed by atoms with van der Waals surface area (Å²) in [5.74, 6) is 0.651. The predicted molar refractivity (Wildman–Crippen MR) is 58.4 cm³/mol. The van der Waals surface area contributed by atoms with Crippen LogP contribution in [-0.2, 0) is 13.5 Å². The Morgan fingerprint density at radius 2 is 2.31 bits per heavy atom. The average molecular weight is 218 g/mol. The van der Waals surface area contributed by atoms with Crippen LogP contribution >= 0.6 is 0 Å². The van der Waals surface area contributed by atoms with Gasteiger partial charge in [0.05, 0.1) is 7.05 Å². The Balaban J connectivity index is 2.14. The lowest BCUT2D eigenvalue weighted by Gasteiger charge is -2.11. The van der Waals surface area contributed by atoms with E-state index in [-0.39, 0.29) is 6.04 Å². The second kappa shape index (κ2) is 4.36. The third-order valence-corrected chi connectivity index (χ3v) is 2.43. The molecule has 0 saturated heterocycles. The predicted octanol–water partition coefficient (Wildman–Crippen LogP) is 0.156. The number of hydrogen-bond acceptors (Lipinski definition) is 5. The molecule has 0 aliphatic rings. The van der Waals surface area contributed by atoms with Crippen molar-refractivity contribution in [3.8, 4) is 0 Å². The molecule has 0 aliphatic carbocycles. The number of hydrogen-bond donors (Lipinski definition) is 1. The van der Waals surface area contributed by atoms with Gasteiger partial charge >= 0.3 is 0 Å². The van der Waals surface area contributed by atoms with Gasteiger partial charge in [-0.25, -0.2) is 0 Å². The van der Waals surface area contributed by atoms with Gasteiger partial charge in [0.1, 0.15) is 0 Å². The molecule has 0 spiro atoms. The highest BCUT2D eigenvalue weighted by molar-refractivity contribution is 5.25. The first-order chi connectivity index (χ1) is 7.66. The van der Waals surface area contributed by atoms with E-state index < -0.39 is 0 Å². The lowest BCUT2D eigenvalue weighted by Crippen LogP contribution is -2.16. The second-order valence-electron chi connectivity index (χ2n) is 3.74. The van der Waals surface area contributed by atoms with Gasteiger partial charge in [-0.2, -0.15) is 4.80 Å². The molecule has 2 aromatic heterocycles. The first-order valence-electron chi connectivity index (χ1n) is 5.06. The van der Waals surface area contributed by atoms with Crippen LogP contribution in [0.4, 0.5) is 0 Å². The number of pyridine rings is 1. The summed E-state index contributed by atoms with van der Waals surface area (Å²) in [7, 11) is 1.73. The van der Waals surface area contributed by atoms with Crippen LogP contribution in [0.2, 0.25) is 0 Å². The van der Waals surface area contributed by atoms with Crippen LogP contribution in [0.15, 0.2) is 18.5 Å². The smallest absolute Gasteiger partial charge is 0.176 e. The van der Waals surface area contributed by atoms with Gasteiger partial charge in [-0.1, -0.05) is 0 Å². The SMILES string of the molecule is Cc1ccncc1C(N)Cc1nnn(C)n1. The zero-order valence-electron chi connectivity index (χ0n) is 9.33. The molecule has 16 heavy (non-hydrogen) atoms. The summed E-state index contributed by atoms with van der Waals surface area (Å²) < 4.78 is 0. The van der Waals surface area contributed by atoms with Crippen molar-refractivity contribution in [3.05, 3.63) is 35.4 Å². The number of rotatable bonds is 3. The maximum atomic E-state index is 6.08. The molecular weight excluding hydrogens is 204 g/mol. The Hall–Kier alpha value is -1.82. The number of aromatic nitrogens is 5. The van der Waals surface area contributed by atoms with E-state index in [1.165, 1.54) is 4.80 Å². The molecule has 1 atom stereocenters. The van der Waals surface area contributed by atoms with E-state index in [4.69, 9.17) is 5.73 Å². The zero-order valence-corrected chi connectivity index (χ0v) is 9.33. The van der Waals surface area contributed by atoms with E-state index >= 15 is 0 Å². The molecule has 2 rings (SSSR count). The number of tetrazole rings is 1. The third kappa shape index (κ3) is 2.22. The standard InChI is InChI=1S/C10H14N6/c1-7-3-4-12-6-8(7)9(11)5-10-13-15-16(2)14-10/h3-4,6,9H,5,11H2,1-2H3. The molecule has 6 nitrogen and oxygen atoms in total. The normalized spacial score (nSPS) is 12.7. The maximum absolute atomic E-state index is 6.08. The Morgan fingerprint density at radius 1 is 1.50 bits per heavy atom. The summed E-state index contributed by atoms with van der Waals surface area (Å²) in [5, 5.41) is 11.8. The van der Waals surface area contributed by atoms with Crippen LogP contribution in [0.5, 0.6) is 0 Å². The van der Waals surface area contributed by atoms with Crippen molar-refractivity contribution < 1.29 is 0 Å². The highest BCUT2D eigenvalue weighted by Crippen LogP contribution is 2.16. The third-order valence-electron chi connectivity index (χ3n) is 2.43. The molecule has 0 fully saturated rings. The molecule has 2 aromatic rings. The van der Waals surface area contributed by atoms with Gasteiger partial charge < -0.3 is 5.73 Å². The van der Waals surface area contributed by atoms with Crippen molar-refractivity contribution in [2.45, 2.75) is 19.4 Å². The van der Waals surface area contributed by atoms with Crippen LogP contribution in [0, 0.1) is 6.92 Å². The fourth-order valence-corrected chi connectivity index (χ4v) is 1.58. The molecule has 0 radical (unpaired) electrons. The van der Waals surface area contributed by atoms with E-state index in [0.29, 0.717) is 12.2 Å². The summed E-state index contributed by atoms with van der Waals surface area (Å²) in [6.07, 6.45) is 4.11. The largest absolute Gasteiger partial charge is 0.324 e. The minimum atomic E-state index is -0.141. The molecule has 1 unspecified atom stereocenters. The van der Waals surface area contributed by atoms with E-state index in [1.54, 1.807) is 19.4 Å². The van der Waals surface area contributed by atoms with Crippen molar-refractivity contribution in [2.75, 3.05) is 0 Å². The monoisotopic (exact) mass is 218 g/mol. The highest BCUT2D eigenvalue weighted by atomic mass is 15.6. The fourth-order valence-electron chi connectivity index (χ4n) is 1.58. The summed E-state index contributed by atoms with van der Waals surface area (Å²) in [6.45, 7) is 2.01. The van der Waals surface area contributed by atoms with Gasteiger partial charge in [0, 0.05) is 24.9 Å². The number of aryl methyl sites for hydroxylation is 2. The summed E-state index contributed by atoms with van der Waals surface area (Å²) in [6, 6.07) is 1.80. The van der Waals surface area contributed by atoms with Gasteiger partial charge in [0.2, 0.25) is 0 Å². The van der Waals surface area contributed by atoms with Gasteiger partial charge in [-0.3, -0.25) is 4.98 Å². The van der Waals surface area contributed by atoms with Crippen molar-refractivity contribution in [2.24, 2.45) is 12.8 Å². The Labute approximate surface area is 93.5 Å². The van der Waals surface area contributed by atoms with Gasteiger partial charge in [0.25, 0.3) is 0 Å². The van der Waals surface area contributed by atoms with E-state index in [0.717, 1.165) is 11.1 Å². The van der Waals surface area contributed by atoms with Crippen LogP contribution in [0.3, 0.4) is 0 Å². The van der Waals surface area contributed by atoms with Crippen LogP contribution in [-0.4, -0.2) is 25.2 Å². The molecule has 6 heteroatoms. The molecule has 84 valence electrons.